The van der Waals surface area contributed by atoms with Gasteiger partial charge in [-0.05, 0) is 44.0 Å². The van der Waals surface area contributed by atoms with Crippen molar-refractivity contribution in [2.75, 3.05) is 18.5 Å². The average Bonchev–Trinajstić information content (AvgIpc) is 2.83. The molecular weight excluding hydrogens is 276 g/mol. The van der Waals surface area contributed by atoms with E-state index in [1.165, 1.54) is 0 Å². The smallest absolute Gasteiger partial charge is 0.240 e. The summed E-state index contributed by atoms with van der Waals surface area (Å²) in [7, 11) is -3.38. The highest BCUT2D eigenvalue weighted by Gasteiger charge is 2.23. The predicted molar refractivity (Wildman–Crippen MR) is 79.4 cm³/mol. The van der Waals surface area contributed by atoms with Gasteiger partial charge in [-0.3, -0.25) is 0 Å². The van der Waals surface area contributed by atoms with E-state index in [1.807, 2.05) is 13.8 Å². The number of anilines is 1. The Bertz CT molecular complexity index is 528. The van der Waals surface area contributed by atoms with Crippen molar-refractivity contribution in [1.82, 2.24) is 4.72 Å². The van der Waals surface area contributed by atoms with Crippen molar-refractivity contribution < 1.29 is 13.2 Å². The molecule has 0 aliphatic carbocycles. The van der Waals surface area contributed by atoms with E-state index in [1.54, 1.807) is 24.3 Å². The van der Waals surface area contributed by atoms with Crippen molar-refractivity contribution in [2.45, 2.75) is 43.7 Å². The maximum absolute atomic E-state index is 11.9. The fraction of sp³-hybridized carbons (Fsp3) is 0.571. The van der Waals surface area contributed by atoms with Crippen LogP contribution in [0.5, 0.6) is 0 Å². The maximum Gasteiger partial charge on any atom is 0.240 e. The Morgan fingerprint density at radius 3 is 2.55 bits per heavy atom. The molecule has 5 nitrogen and oxygen atoms in total. The van der Waals surface area contributed by atoms with Gasteiger partial charge < -0.3 is 10.1 Å². The molecule has 1 aromatic rings. The quantitative estimate of drug-likeness (QED) is 0.842. The number of rotatable bonds is 6. The molecule has 2 atom stereocenters. The highest BCUT2D eigenvalue weighted by molar-refractivity contribution is 7.89. The van der Waals surface area contributed by atoms with Gasteiger partial charge in [0.1, 0.15) is 0 Å². The molecule has 0 amide bonds. The lowest BCUT2D eigenvalue weighted by Gasteiger charge is -2.17. The van der Waals surface area contributed by atoms with E-state index in [0.717, 1.165) is 25.1 Å². The first-order chi connectivity index (χ1) is 9.53. The fourth-order valence-corrected chi connectivity index (χ4v) is 3.32. The lowest BCUT2D eigenvalue weighted by molar-refractivity contribution is 0.121. The van der Waals surface area contributed by atoms with Gasteiger partial charge in [0.05, 0.1) is 17.0 Å². The molecule has 20 heavy (non-hydrogen) atoms. The molecular formula is C14H22N2O3S. The van der Waals surface area contributed by atoms with Gasteiger partial charge in [-0.1, -0.05) is 6.92 Å². The van der Waals surface area contributed by atoms with E-state index in [2.05, 4.69) is 10.0 Å². The molecule has 1 fully saturated rings. The summed E-state index contributed by atoms with van der Waals surface area (Å²) >= 11 is 0. The minimum atomic E-state index is -3.38. The molecule has 0 bridgehead atoms. The molecule has 112 valence electrons. The van der Waals surface area contributed by atoms with Crippen LogP contribution in [0, 0.1) is 0 Å². The van der Waals surface area contributed by atoms with Crippen LogP contribution < -0.4 is 10.0 Å². The Hall–Kier alpha value is -1.11. The van der Waals surface area contributed by atoms with Gasteiger partial charge in [-0.25, -0.2) is 13.1 Å². The molecule has 2 rings (SSSR count). The molecule has 1 aliphatic heterocycles. The molecule has 1 aromatic carbocycles. The summed E-state index contributed by atoms with van der Waals surface area (Å²) in [6.07, 6.45) is 1.93. The van der Waals surface area contributed by atoms with Crippen LogP contribution in [0.4, 0.5) is 5.69 Å². The monoisotopic (exact) mass is 298 g/mol. The third-order valence-corrected chi connectivity index (χ3v) is 4.91. The van der Waals surface area contributed by atoms with Gasteiger partial charge >= 0.3 is 0 Å². The second-order valence-electron chi connectivity index (χ2n) is 5.04. The summed E-state index contributed by atoms with van der Waals surface area (Å²) < 4.78 is 31.9. The van der Waals surface area contributed by atoms with E-state index < -0.39 is 10.0 Å². The number of hydrogen-bond donors (Lipinski definition) is 2. The predicted octanol–water partition coefficient (Wildman–Crippen LogP) is 1.96. The molecule has 0 spiro atoms. The van der Waals surface area contributed by atoms with Crippen LogP contribution in [0.25, 0.3) is 0 Å². The van der Waals surface area contributed by atoms with E-state index in [4.69, 9.17) is 4.74 Å². The lowest BCUT2D eigenvalue weighted by Crippen LogP contribution is -2.27. The number of benzene rings is 1. The van der Waals surface area contributed by atoms with Gasteiger partial charge in [0.15, 0.2) is 0 Å². The number of hydrogen-bond acceptors (Lipinski definition) is 4. The van der Waals surface area contributed by atoms with Gasteiger partial charge in [0, 0.05) is 18.8 Å². The average molecular weight is 298 g/mol. The zero-order valence-electron chi connectivity index (χ0n) is 11.9. The Morgan fingerprint density at radius 2 is 2.00 bits per heavy atom. The first-order valence-electron chi connectivity index (χ1n) is 7.01. The lowest BCUT2D eigenvalue weighted by atomic mass is 10.1. The van der Waals surface area contributed by atoms with Crippen molar-refractivity contribution in [2.24, 2.45) is 0 Å². The van der Waals surface area contributed by atoms with Crippen molar-refractivity contribution in [3.8, 4) is 0 Å². The number of sulfonamides is 1. The van der Waals surface area contributed by atoms with Crippen molar-refractivity contribution >= 4 is 15.7 Å². The first kappa shape index (κ1) is 15.3. The van der Waals surface area contributed by atoms with Crippen molar-refractivity contribution in [1.29, 1.82) is 0 Å². The molecule has 0 saturated carbocycles. The van der Waals surface area contributed by atoms with Gasteiger partial charge in [0.2, 0.25) is 10.0 Å². The van der Waals surface area contributed by atoms with Crippen LogP contribution in [0.15, 0.2) is 29.2 Å². The second-order valence-corrected chi connectivity index (χ2v) is 6.80. The highest BCUT2D eigenvalue weighted by Crippen LogP contribution is 2.20. The highest BCUT2D eigenvalue weighted by atomic mass is 32.2. The number of ether oxygens (including phenoxy) is 1. The molecule has 2 N–H and O–H groups in total. The van der Waals surface area contributed by atoms with E-state index >= 15 is 0 Å². The maximum atomic E-state index is 11.9. The summed E-state index contributed by atoms with van der Waals surface area (Å²) in [5, 5.41) is 3.37. The Balaban J connectivity index is 2.02. The van der Waals surface area contributed by atoms with Gasteiger partial charge in [-0.15, -0.1) is 0 Å². The van der Waals surface area contributed by atoms with Crippen LogP contribution in [0.3, 0.4) is 0 Å². The van der Waals surface area contributed by atoms with Crippen molar-refractivity contribution in [3.05, 3.63) is 24.3 Å². The van der Waals surface area contributed by atoms with E-state index in [-0.39, 0.29) is 12.1 Å². The summed E-state index contributed by atoms with van der Waals surface area (Å²) in [6.45, 7) is 5.20. The SMILES string of the molecule is CCCNS(=O)(=O)c1ccc(NC2CCOC2C)cc1. The summed E-state index contributed by atoms with van der Waals surface area (Å²) in [5.41, 5.74) is 0.918. The zero-order chi connectivity index (χ0) is 14.6. The largest absolute Gasteiger partial charge is 0.380 e. The van der Waals surface area contributed by atoms with Gasteiger partial charge in [0.25, 0.3) is 0 Å². The van der Waals surface area contributed by atoms with E-state index in [9.17, 15) is 8.42 Å². The van der Waals surface area contributed by atoms with E-state index in [0.29, 0.717) is 11.4 Å². The van der Waals surface area contributed by atoms with Crippen LogP contribution in [-0.4, -0.2) is 33.7 Å². The van der Waals surface area contributed by atoms with Crippen molar-refractivity contribution in [3.63, 3.8) is 0 Å². The minimum Gasteiger partial charge on any atom is -0.380 e. The molecule has 1 heterocycles. The summed E-state index contributed by atoms with van der Waals surface area (Å²) in [5.74, 6) is 0. The second kappa shape index (κ2) is 6.56. The molecule has 2 unspecified atom stereocenters. The molecule has 1 saturated heterocycles. The summed E-state index contributed by atoms with van der Waals surface area (Å²) in [4.78, 5) is 0.298. The Labute approximate surface area is 120 Å². The number of nitrogens with one attached hydrogen (secondary N) is 2. The molecule has 1 aliphatic rings. The third-order valence-electron chi connectivity index (χ3n) is 3.43. The molecule has 0 aromatic heterocycles. The van der Waals surface area contributed by atoms with Crippen LogP contribution in [0.1, 0.15) is 26.7 Å². The Kier molecular flexibility index (Phi) is 5.01. The van der Waals surface area contributed by atoms with Crippen LogP contribution in [-0.2, 0) is 14.8 Å². The first-order valence-corrected chi connectivity index (χ1v) is 8.49. The molecule has 0 radical (unpaired) electrons. The Morgan fingerprint density at radius 1 is 1.30 bits per heavy atom. The van der Waals surface area contributed by atoms with Gasteiger partial charge in [-0.2, -0.15) is 0 Å². The topological polar surface area (TPSA) is 67.4 Å². The third kappa shape index (κ3) is 3.71. The standard InChI is InChI=1S/C14H22N2O3S/c1-3-9-15-20(17,18)13-6-4-12(5-7-13)16-14-8-10-19-11(14)2/h4-7,11,14-16H,3,8-10H2,1-2H3. The summed E-state index contributed by atoms with van der Waals surface area (Å²) in [6, 6.07) is 7.13. The van der Waals surface area contributed by atoms with Crippen LogP contribution >= 0.6 is 0 Å². The molecule has 6 heteroatoms. The minimum absolute atomic E-state index is 0.185. The van der Waals surface area contributed by atoms with Crippen LogP contribution in [0.2, 0.25) is 0 Å². The normalized spacial score (nSPS) is 22.9. The zero-order valence-corrected chi connectivity index (χ0v) is 12.7. The fourth-order valence-electron chi connectivity index (χ4n) is 2.19.